The second-order valence-electron chi connectivity index (χ2n) is 4.91. The fourth-order valence-electron chi connectivity index (χ4n) is 2.36. The minimum atomic E-state index is 0.358. The maximum atomic E-state index is 6.35. The van der Waals surface area contributed by atoms with E-state index in [9.17, 15) is 0 Å². The highest BCUT2D eigenvalue weighted by Gasteiger charge is 2.16. The zero-order chi connectivity index (χ0) is 13.5. The monoisotopic (exact) mass is 331 g/mol. The molecule has 0 aliphatic rings. The lowest BCUT2D eigenvalue weighted by atomic mass is 9.93. The molecule has 1 aromatic carbocycles. The molecule has 1 aromatic rings. The van der Waals surface area contributed by atoms with Crippen LogP contribution >= 0.6 is 27.5 Å². The maximum Gasteiger partial charge on any atom is 0.0465 e. The lowest BCUT2D eigenvalue weighted by Gasteiger charge is -2.23. The van der Waals surface area contributed by atoms with Crippen LogP contribution in [0.15, 0.2) is 22.7 Å². The van der Waals surface area contributed by atoms with Gasteiger partial charge in [0.15, 0.2) is 0 Å². The summed E-state index contributed by atoms with van der Waals surface area (Å²) in [5, 5.41) is 4.40. The second kappa shape index (κ2) is 8.19. The van der Waals surface area contributed by atoms with Crippen LogP contribution in [0.25, 0.3) is 0 Å². The van der Waals surface area contributed by atoms with Gasteiger partial charge in [-0.2, -0.15) is 0 Å². The number of rotatable bonds is 7. The predicted molar refractivity (Wildman–Crippen MR) is 84.3 cm³/mol. The molecule has 2 unspecified atom stereocenters. The first-order chi connectivity index (χ1) is 8.58. The van der Waals surface area contributed by atoms with Gasteiger partial charge in [0, 0.05) is 15.5 Å². The SMILES string of the molecule is CCCC(C)CC(NCC)c1ccc(Br)cc1Cl. The molecule has 0 aliphatic heterocycles. The summed E-state index contributed by atoms with van der Waals surface area (Å²) in [6.45, 7) is 7.67. The van der Waals surface area contributed by atoms with Gasteiger partial charge in [-0.15, -0.1) is 0 Å². The highest BCUT2D eigenvalue weighted by atomic mass is 79.9. The Balaban J connectivity index is 2.82. The van der Waals surface area contributed by atoms with Crippen molar-refractivity contribution in [3.63, 3.8) is 0 Å². The molecule has 0 aliphatic carbocycles. The quantitative estimate of drug-likeness (QED) is 0.687. The third kappa shape index (κ3) is 4.91. The van der Waals surface area contributed by atoms with E-state index in [1.54, 1.807) is 0 Å². The molecule has 1 nitrogen and oxygen atoms in total. The van der Waals surface area contributed by atoms with Gasteiger partial charge in [-0.25, -0.2) is 0 Å². The third-order valence-corrected chi connectivity index (χ3v) is 4.03. The van der Waals surface area contributed by atoms with E-state index in [4.69, 9.17) is 11.6 Å². The van der Waals surface area contributed by atoms with E-state index >= 15 is 0 Å². The molecule has 3 heteroatoms. The Morgan fingerprint density at radius 3 is 2.61 bits per heavy atom. The van der Waals surface area contributed by atoms with Crippen molar-refractivity contribution in [2.24, 2.45) is 5.92 Å². The molecule has 0 heterocycles. The number of benzene rings is 1. The van der Waals surface area contributed by atoms with Gasteiger partial charge in [-0.1, -0.05) is 67.2 Å². The molecule has 0 radical (unpaired) electrons. The lowest BCUT2D eigenvalue weighted by Crippen LogP contribution is -2.23. The Kier molecular flexibility index (Phi) is 7.28. The first kappa shape index (κ1) is 16.0. The fraction of sp³-hybridized carbons (Fsp3) is 0.600. The average Bonchev–Trinajstić information content (AvgIpc) is 2.29. The maximum absolute atomic E-state index is 6.35. The van der Waals surface area contributed by atoms with Crippen LogP contribution in [-0.4, -0.2) is 6.54 Å². The summed E-state index contributed by atoms with van der Waals surface area (Å²) in [6, 6.07) is 6.53. The van der Waals surface area contributed by atoms with Crippen LogP contribution in [0.1, 0.15) is 51.6 Å². The summed E-state index contributed by atoms with van der Waals surface area (Å²) >= 11 is 9.81. The first-order valence-electron chi connectivity index (χ1n) is 6.76. The van der Waals surface area contributed by atoms with Crippen molar-refractivity contribution in [2.75, 3.05) is 6.54 Å². The van der Waals surface area contributed by atoms with Crippen molar-refractivity contribution >= 4 is 27.5 Å². The molecule has 0 aromatic heterocycles. The Hall–Kier alpha value is -0.0500. The molecule has 0 amide bonds. The van der Waals surface area contributed by atoms with E-state index in [0.717, 1.165) is 28.4 Å². The Bertz CT molecular complexity index is 368. The van der Waals surface area contributed by atoms with Crippen LogP contribution in [0.5, 0.6) is 0 Å². The van der Waals surface area contributed by atoms with Gasteiger partial charge in [0.05, 0.1) is 0 Å². The normalized spacial score (nSPS) is 14.5. The molecule has 18 heavy (non-hydrogen) atoms. The van der Waals surface area contributed by atoms with Crippen molar-refractivity contribution in [1.29, 1.82) is 0 Å². The van der Waals surface area contributed by atoms with Crippen LogP contribution < -0.4 is 5.32 Å². The predicted octanol–water partition coefficient (Wildman–Crippen LogP) is 5.58. The van der Waals surface area contributed by atoms with Gasteiger partial charge < -0.3 is 5.32 Å². The Labute approximate surface area is 124 Å². The molecule has 0 saturated heterocycles. The number of hydrogen-bond donors (Lipinski definition) is 1. The smallest absolute Gasteiger partial charge is 0.0465 e. The van der Waals surface area contributed by atoms with E-state index in [1.807, 2.05) is 6.07 Å². The van der Waals surface area contributed by atoms with E-state index in [1.165, 1.54) is 18.4 Å². The van der Waals surface area contributed by atoms with Gasteiger partial charge in [0.1, 0.15) is 0 Å². The molecule has 1 rings (SSSR count). The van der Waals surface area contributed by atoms with E-state index in [0.29, 0.717) is 6.04 Å². The molecule has 2 atom stereocenters. The van der Waals surface area contributed by atoms with Gasteiger partial charge in [-0.05, 0) is 36.6 Å². The molecule has 0 saturated carbocycles. The highest BCUT2D eigenvalue weighted by molar-refractivity contribution is 9.10. The molecule has 1 N–H and O–H groups in total. The fourth-order valence-corrected chi connectivity index (χ4v) is 3.17. The number of nitrogens with one attached hydrogen (secondary N) is 1. The summed E-state index contributed by atoms with van der Waals surface area (Å²) in [7, 11) is 0. The summed E-state index contributed by atoms with van der Waals surface area (Å²) in [4.78, 5) is 0. The molecule has 0 spiro atoms. The van der Waals surface area contributed by atoms with Gasteiger partial charge in [0.2, 0.25) is 0 Å². The first-order valence-corrected chi connectivity index (χ1v) is 7.93. The van der Waals surface area contributed by atoms with Crippen molar-refractivity contribution in [2.45, 2.75) is 46.1 Å². The van der Waals surface area contributed by atoms with Gasteiger partial charge >= 0.3 is 0 Å². The van der Waals surface area contributed by atoms with Crippen molar-refractivity contribution in [1.82, 2.24) is 5.32 Å². The topological polar surface area (TPSA) is 12.0 Å². The third-order valence-electron chi connectivity index (χ3n) is 3.21. The van der Waals surface area contributed by atoms with Gasteiger partial charge in [-0.3, -0.25) is 0 Å². The van der Waals surface area contributed by atoms with Crippen LogP contribution in [-0.2, 0) is 0 Å². The molecule has 0 fully saturated rings. The minimum Gasteiger partial charge on any atom is -0.310 e. The molecular weight excluding hydrogens is 310 g/mol. The standard InChI is InChI=1S/C15H23BrClN/c1-4-6-11(3)9-15(18-5-2)13-8-7-12(16)10-14(13)17/h7-8,10-11,15,18H,4-6,9H2,1-3H3. The van der Waals surface area contributed by atoms with Crippen molar-refractivity contribution in [3.05, 3.63) is 33.3 Å². The van der Waals surface area contributed by atoms with Crippen molar-refractivity contribution < 1.29 is 0 Å². The van der Waals surface area contributed by atoms with Crippen LogP contribution in [0.2, 0.25) is 5.02 Å². The number of halogens is 2. The average molecular weight is 333 g/mol. The zero-order valence-corrected chi connectivity index (χ0v) is 13.8. The highest BCUT2D eigenvalue weighted by Crippen LogP contribution is 2.31. The van der Waals surface area contributed by atoms with E-state index < -0.39 is 0 Å². The lowest BCUT2D eigenvalue weighted by molar-refractivity contribution is 0.395. The van der Waals surface area contributed by atoms with Crippen LogP contribution in [0.3, 0.4) is 0 Å². The van der Waals surface area contributed by atoms with Crippen LogP contribution in [0.4, 0.5) is 0 Å². The summed E-state index contributed by atoms with van der Waals surface area (Å²) in [5.41, 5.74) is 1.21. The van der Waals surface area contributed by atoms with Gasteiger partial charge in [0.25, 0.3) is 0 Å². The largest absolute Gasteiger partial charge is 0.310 e. The molecule has 102 valence electrons. The van der Waals surface area contributed by atoms with E-state index in [-0.39, 0.29) is 0 Å². The van der Waals surface area contributed by atoms with E-state index in [2.05, 4.69) is 54.2 Å². The summed E-state index contributed by atoms with van der Waals surface area (Å²) in [6.07, 6.45) is 3.66. The molecule has 0 bridgehead atoms. The molecular formula is C15H23BrClN. The zero-order valence-electron chi connectivity index (χ0n) is 11.5. The second-order valence-corrected chi connectivity index (χ2v) is 6.23. The summed E-state index contributed by atoms with van der Waals surface area (Å²) in [5.74, 6) is 0.721. The Morgan fingerprint density at radius 1 is 1.33 bits per heavy atom. The van der Waals surface area contributed by atoms with Crippen LogP contribution in [0, 0.1) is 5.92 Å². The summed E-state index contributed by atoms with van der Waals surface area (Å²) < 4.78 is 1.04. The van der Waals surface area contributed by atoms with Crippen molar-refractivity contribution in [3.8, 4) is 0 Å². The number of hydrogen-bond acceptors (Lipinski definition) is 1. The Morgan fingerprint density at radius 2 is 2.06 bits per heavy atom. The minimum absolute atomic E-state index is 0.358.